The van der Waals surface area contributed by atoms with Gasteiger partial charge in [-0.15, -0.1) is 0 Å². The summed E-state index contributed by atoms with van der Waals surface area (Å²) in [6, 6.07) is 12.8. The van der Waals surface area contributed by atoms with Crippen molar-refractivity contribution in [3.05, 3.63) is 64.1 Å². The lowest BCUT2D eigenvalue weighted by Crippen LogP contribution is -2.35. The van der Waals surface area contributed by atoms with E-state index >= 15 is 0 Å². The minimum atomic E-state index is -3.70. The van der Waals surface area contributed by atoms with Crippen molar-refractivity contribution in [1.82, 2.24) is 0 Å². The molecule has 1 aliphatic carbocycles. The Balaban J connectivity index is 2.03. The second kappa shape index (κ2) is 5.76. The molecule has 1 aliphatic rings. The molecule has 1 saturated carbocycles. The summed E-state index contributed by atoms with van der Waals surface area (Å²) in [5, 5.41) is 9.69. The predicted molar refractivity (Wildman–Crippen MR) is 90.6 cm³/mol. The number of rotatable bonds is 4. The Morgan fingerprint density at radius 2 is 1.74 bits per heavy atom. The van der Waals surface area contributed by atoms with Gasteiger partial charge in [0.15, 0.2) is 9.84 Å². The van der Waals surface area contributed by atoms with Gasteiger partial charge in [0.1, 0.15) is 0 Å². The van der Waals surface area contributed by atoms with Gasteiger partial charge < -0.3 is 10.8 Å². The van der Waals surface area contributed by atoms with Gasteiger partial charge in [-0.1, -0.05) is 35.3 Å². The first-order valence-corrected chi connectivity index (χ1v) is 9.25. The molecule has 3 N–H and O–H groups in total. The molecule has 0 amide bonds. The summed E-state index contributed by atoms with van der Waals surface area (Å²) in [5.74, 6) is -0.508. The van der Waals surface area contributed by atoms with Crippen LogP contribution < -0.4 is 5.73 Å². The molecule has 0 heterocycles. The van der Waals surface area contributed by atoms with Crippen molar-refractivity contribution >= 4 is 33.0 Å². The molecule has 0 spiro atoms. The monoisotopic (exact) mass is 371 g/mol. The Morgan fingerprint density at radius 1 is 1.09 bits per heavy atom. The second-order valence-corrected chi connectivity index (χ2v) is 8.66. The van der Waals surface area contributed by atoms with E-state index in [0.717, 1.165) is 0 Å². The third kappa shape index (κ3) is 2.77. The Hall–Kier alpha value is -1.11. The number of hydrogen-bond acceptors (Lipinski definition) is 4. The smallest absolute Gasteiger partial charge is 0.183 e. The van der Waals surface area contributed by atoms with Gasteiger partial charge in [-0.2, -0.15) is 0 Å². The molecule has 0 radical (unpaired) electrons. The molecule has 1 fully saturated rings. The quantitative estimate of drug-likeness (QED) is 0.865. The summed E-state index contributed by atoms with van der Waals surface area (Å²) in [5.41, 5.74) is 5.66. The number of aliphatic hydroxyl groups excluding tert-OH is 1. The molecule has 0 aromatic heterocycles. The zero-order valence-electron chi connectivity index (χ0n) is 12.0. The molecule has 0 unspecified atom stereocenters. The average Bonchev–Trinajstić information content (AvgIpc) is 3.15. The second-order valence-electron chi connectivity index (χ2n) is 5.72. The normalized spacial score (nSPS) is 27.0. The maximum absolute atomic E-state index is 12.9. The van der Waals surface area contributed by atoms with Gasteiger partial charge in [-0.05, 0) is 42.0 Å². The topological polar surface area (TPSA) is 80.4 Å². The predicted octanol–water partition coefficient (Wildman–Crippen LogP) is 2.62. The Kier molecular flexibility index (Phi) is 4.19. The average molecular weight is 372 g/mol. The first kappa shape index (κ1) is 16.7. The SMILES string of the molecule is N[C@@]1(CO)[C@@H](c2cccc(Cl)c2)[C@@H]1S(=O)(=O)c1ccc(Cl)cc1. The van der Waals surface area contributed by atoms with Crippen molar-refractivity contribution in [2.75, 3.05) is 6.61 Å². The first-order chi connectivity index (χ1) is 10.8. The van der Waals surface area contributed by atoms with Crippen LogP contribution in [0.4, 0.5) is 0 Å². The van der Waals surface area contributed by atoms with Crippen LogP contribution in [0.25, 0.3) is 0 Å². The summed E-state index contributed by atoms with van der Waals surface area (Å²) in [6.45, 7) is -0.429. The van der Waals surface area contributed by atoms with Gasteiger partial charge in [-0.3, -0.25) is 0 Å². The van der Waals surface area contributed by atoms with E-state index < -0.39 is 33.2 Å². The zero-order chi connectivity index (χ0) is 16.8. The number of benzene rings is 2. The van der Waals surface area contributed by atoms with E-state index in [-0.39, 0.29) is 4.90 Å². The summed E-state index contributed by atoms with van der Waals surface area (Å²) in [4.78, 5) is 0.139. The molecule has 3 atom stereocenters. The Morgan fingerprint density at radius 3 is 2.30 bits per heavy atom. The standard InChI is InChI=1S/C16H15Cl2NO3S/c17-11-4-6-13(7-5-11)23(21,22)15-14(16(15,19)9-20)10-2-1-3-12(18)8-10/h1-8,14-15,20H,9,19H2/t14-,15-,16-/m0/s1. The van der Waals surface area contributed by atoms with Gasteiger partial charge >= 0.3 is 0 Å². The van der Waals surface area contributed by atoms with Gasteiger partial charge in [0.2, 0.25) is 0 Å². The Bertz CT molecular complexity index is 839. The van der Waals surface area contributed by atoms with Crippen LogP contribution in [0.15, 0.2) is 53.4 Å². The molecule has 0 saturated heterocycles. The highest BCUT2D eigenvalue weighted by Gasteiger charge is 2.69. The molecule has 3 rings (SSSR count). The Labute approximate surface area is 144 Å². The van der Waals surface area contributed by atoms with Crippen molar-refractivity contribution in [3.8, 4) is 0 Å². The molecule has 2 aromatic rings. The molecule has 2 aromatic carbocycles. The van der Waals surface area contributed by atoms with Crippen LogP contribution in [-0.2, 0) is 9.84 Å². The van der Waals surface area contributed by atoms with Crippen LogP contribution in [0.2, 0.25) is 10.0 Å². The van der Waals surface area contributed by atoms with Gasteiger partial charge in [0.25, 0.3) is 0 Å². The van der Waals surface area contributed by atoms with Gasteiger partial charge in [0.05, 0.1) is 22.3 Å². The molecule has 23 heavy (non-hydrogen) atoms. The number of aliphatic hydroxyl groups is 1. The lowest BCUT2D eigenvalue weighted by molar-refractivity contribution is 0.253. The molecule has 0 bridgehead atoms. The van der Waals surface area contributed by atoms with E-state index in [1.165, 1.54) is 24.3 Å². The van der Waals surface area contributed by atoms with Crippen LogP contribution in [0.3, 0.4) is 0 Å². The van der Waals surface area contributed by atoms with Crippen LogP contribution in [0, 0.1) is 0 Å². The highest BCUT2D eigenvalue weighted by atomic mass is 35.5. The number of nitrogens with two attached hydrogens (primary N) is 1. The van der Waals surface area contributed by atoms with Crippen molar-refractivity contribution in [3.63, 3.8) is 0 Å². The van der Waals surface area contributed by atoms with E-state index in [1.807, 2.05) is 0 Å². The van der Waals surface area contributed by atoms with E-state index in [0.29, 0.717) is 15.6 Å². The van der Waals surface area contributed by atoms with Crippen molar-refractivity contribution in [2.24, 2.45) is 5.73 Å². The highest BCUT2D eigenvalue weighted by Crippen LogP contribution is 2.55. The van der Waals surface area contributed by atoms with Crippen molar-refractivity contribution < 1.29 is 13.5 Å². The minimum absolute atomic E-state index is 0.139. The van der Waals surface area contributed by atoms with Gasteiger partial charge in [-0.25, -0.2) is 8.42 Å². The van der Waals surface area contributed by atoms with Crippen molar-refractivity contribution in [2.45, 2.75) is 21.6 Å². The third-order valence-corrected chi connectivity index (χ3v) is 7.06. The summed E-state index contributed by atoms with van der Waals surface area (Å²) in [7, 11) is -3.70. The van der Waals surface area contributed by atoms with E-state index in [9.17, 15) is 13.5 Å². The van der Waals surface area contributed by atoms with Crippen LogP contribution in [0.5, 0.6) is 0 Å². The fourth-order valence-corrected chi connectivity index (χ4v) is 5.66. The van der Waals surface area contributed by atoms with Crippen LogP contribution in [-0.4, -0.2) is 30.9 Å². The van der Waals surface area contributed by atoms with E-state index in [1.54, 1.807) is 24.3 Å². The van der Waals surface area contributed by atoms with Crippen molar-refractivity contribution in [1.29, 1.82) is 0 Å². The molecular formula is C16H15Cl2NO3S. The molecule has 122 valence electrons. The number of sulfone groups is 1. The van der Waals surface area contributed by atoms with Crippen LogP contribution in [0.1, 0.15) is 11.5 Å². The van der Waals surface area contributed by atoms with Crippen LogP contribution >= 0.6 is 23.2 Å². The highest BCUT2D eigenvalue weighted by molar-refractivity contribution is 7.92. The fraction of sp³-hybridized carbons (Fsp3) is 0.250. The minimum Gasteiger partial charge on any atom is -0.394 e. The van der Waals surface area contributed by atoms with Gasteiger partial charge in [0, 0.05) is 16.0 Å². The third-order valence-electron chi connectivity index (χ3n) is 4.26. The largest absolute Gasteiger partial charge is 0.394 e. The molecule has 4 nitrogen and oxygen atoms in total. The zero-order valence-corrected chi connectivity index (χ0v) is 14.3. The summed E-state index contributed by atoms with van der Waals surface area (Å²) < 4.78 is 25.8. The fourth-order valence-electron chi connectivity index (χ4n) is 3.04. The van der Waals surface area contributed by atoms with E-state index in [4.69, 9.17) is 28.9 Å². The maximum atomic E-state index is 12.9. The molecular weight excluding hydrogens is 357 g/mol. The molecule has 7 heteroatoms. The summed E-state index contributed by atoms with van der Waals surface area (Å²) in [6.07, 6.45) is 0. The molecule has 0 aliphatic heterocycles. The first-order valence-electron chi connectivity index (χ1n) is 6.95. The number of hydrogen-bond donors (Lipinski definition) is 2. The lowest BCUT2D eigenvalue weighted by Gasteiger charge is -2.08. The van der Waals surface area contributed by atoms with E-state index in [2.05, 4.69) is 0 Å². The summed E-state index contributed by atoms with van der Waals surface area (Å²) >= 11 is 11.8. The lowest BCUT2D eigenvalue weighted by atomic mass is 10.1. The number of halogens is 2. The maximum Gasteiger partial charge on any atom is 0.183 e.